The van der Waals surface area contributed by atoms with E-state index in [1.807, 2.05) is 0 Å². The summed E-state index contributed by atoms with van der Waals surface area (Å²) >= 11 is 6.17. The van der Waals surface area contributed by atoms with Crippen molar-refractivity contribution in [3.63, 3.8) is 0 Å². The van der Waals surface area contributed by atoms with Crippen LogP contribution in [0.3, 0.4) is 0 Å². The minimum atomic E-state index is -1.04. The van der Waals surface area contributed by atoms with E-state index < -0.39 is 29.7 Å². The highest BCUT2D eigenvalue weighted by Gasteiger charge is 2.44. The van der Waals surface area contributed by atoms with Crippen LogP contribution in [0.2, 0.25) is 5.02 Å². The SMILES string of the molecule is COC(=O)CC1COc2c(Cl)cccc2C1C(C(C)=O)C(=O)OC. The number of benzene rings is 1. The van der Waals surface area contributed by atoms with Gasteiger partial charge in [0.1, 0.15) is 17.5 Å². The van der Waals surface area contributed by atoms with Crippen LogP contribution >= 0.6 is 11.6 Å². The Bertz CT molecular complexity index is 656. The highest BCUT2D eigenvalue weighted by atomic mass is 35.5. The van der Waals surface area contributed by atoms with Gasteiger partial charge in [0.2, 0.25) is 0 Å². The Morgan fingerprint density at radius 1 is 1.29 bits per heavy atom. The summed E-state index contributed by atoms with van der Waals surface area (Å²) in [5.74, 6) is -3.00. The second kappa shape index (κ2) is 7.66. The number of ether oxygens (including phenoxy) is 3. The molecule has 0 fully saturated rings. The monoisotopic (exact) mass is 354 g/mol. The molecule has 0 saturated carbocycles. The number of ketones is 1. The van der Waals surface area contributed by atoms with Gasteiger partial charge in [-0.2, -0.15) is 0 Å². The molecule has 0 bridgehead atoms. The fourth-order valence-corrected chi connectivity index (χ4v) is 3.35. The van der Waals surface area contributed by atoms with Crippen LogP contribution < -0.4 is 4.74 Å². The fraction of sp³-hybridized carbons (Fsp3) is 0.471. The molecule has 24 heavy (non-hydrogen) atoms. The third-order valence-electron chi connectivity index (χ3n) is 4.21. The van der Waals surface area contributed by atoms with E-state index in [0.29, 0.717) is 16.3 Å². The van der Waals surface area contributed by atoms with Crippen LogP contribution in [0.25, 0.3) is 0 Å². The number of hydrogen-bond donors (Lipinski definition) is 0. The number of methoxy groups -OCH3 is 2. The Morgan fingerprint density at radius 3 is 2.58 bits per heavy atom. The van der Waals surface area contributed by atoms with Crippen molar-refractivity contribution >= 4 is 29.3 Å². The number of fused-ring (bicyclic) bond motifs is 1. The molecule has 1 aromatic rings. The van der Waals surface area contributed by atoms with E-state index in [1.165, 1.54) is 21.1 Å². The Hall–Kier alpha value is -2.08. The van der Waals surface area contributed by atoms with E-state index >= 15 is 0 Å². The Balaban J connectivity index is 2.53. The van der Waals surface area contributed by atoms with Crippen molar-refractivity contribution in [1.29, 1.82) is 0 Å². The molecule has 3 atom stereocenters. The zero-order chi connectivity index (χ0) is 17.9. The van der Waals surface area contributed by atoms with Crippen LogP contribution in [0, 0.1) is 11.8 Å². The molecule has 2 rings (SSSR count). The number of carbonyl (C=O) groups is 3. The zero-order valence-electron chi connectivity index (χ0n) is 13.7. The standard InChI is InChI=1S/C17H19ClO6/c1-9(19)14(17(21)23-3)15-10(7-13(20)22-2)8-24-16-11(15)5-4-6-12(16)18/h4-6,10,14-15H,7-8H2,1-3H3. The summed E-state index contributed by atoms with van der Waals surface area (Å²) in [5.41, 5.74) is 0.619. The Kier molecular flexibility index (Phi) is 5.83. The van der Waals surface area contributed by atoms with E-state index in [4.69, 9.17) is 25.8 Å². The maximum Gasteiger partial charge on any atom is 0.316 e. The largest absolute Gasteiger partial charge is 0.491 e. The van der Waals surface area contributed by atoms with Crippen LogP contribution in [0.15, 0.2) is 18.2 Å². The molecule has 7 heteroatoms. The molecule has 130 valence electrons. The molecule has 6 nitrogen and oxygen atoms in total. The van der Waals surface area contributed by atoms with Gasteiger partial charge < -0.3 is 14.2 Å². The van der Waals surface area contributed by atoms with Gasteiger partial charge >= 0.3 is 11.9 Å². The van der Waals surface area contributed by atoms with Crippen LogP contribution in [0.4, 0.5) is 0 Å². The molecular formula is C17H19ClO6. The van der Waals surface area contributed by atoms with Gasteiger partial charge in [-0.3, -0.25) is 14.4 Å². The number of Topliss-reactive ketones (excluding diaryl/α,β-unsaturated/α-hetero) is 1. The summed E-state index contributed by atoms with van der Waals surface area (Å²) in [6, 6.07) is 5.12. The van der Waals surface area contributed by atoms with Crippen molar-refractivity contribution in [3.8, 4) is 5.75 Å². The van der Waals surface area contributed by atoms with Gasteiger partial charge in [0, 0.05) is 17.4 Å². The lowest BCUT2D eigenvalue weighted by atomic mass is 9.72. The molecule has 3 unspecified atom stereocenters. The van der Waals surface area contributed by atoms with E-state index in [0.717, 1.165) is 0 Å². The molecule has 0 spiro atoms. The Morgan fingerprint density at radius 2 is 2.00 bits per heavy atom. The quantitative estimate of drug-likeness (QED) is 0.596. The molecule has 0 N–H and O–H groups in total. The van der Waals surface area contributed by atoms with Gasteiger partial charge in [0.05, 0.1) is 32.3 Å². The molecule has 0 radical (unpaired) electrons. The van der Waals surface area contributed by atoms with Gasteiger partial charge in [-0.15, -0.1) is 0 Å². The third kappa shape index (κ3) is 3.53. The predicted molar refractivity (Wildman–Crippen MR) is 86.0 cm³/mol. The molecule has 1 heterocycles. The average molecular weight is 355 g/mol. The normalized spacial score (nSPS) is 20.3. The van der Waals surface area contributed by atoms with Crippen LogP contribution in [-0.4, -0.2) is 38.5 Å². The smallest absolute Gasteiger partial charge is 0.316 e. The summed E-state index contributed by atoms with van der Waals surface area (Å²) in [5, 5.41) is 0.390. The van der Waals surface area contributed by atoms with Crippen molar-refractivity contribution < 1.29 is 28.6 Å². The van der Waals surface area contributed by atoms with Crippen LogP contribution in [0.5, 0.6) is 5.75 Å². The van der Waals surface area contributed by atoms with Crippen LogP contribution in [0.1, 0.15) is 24.8 Å². The lowest BCUT2D eigenvalue weighted by molar-refractivity contribution is -0.152. The maximum absolute atomic E-state index is 12.2. The summed E-state index contributed by atoms with van der Waals surface area (Å²) < 4.78 is 15.2. The third-order valence-corrected chi connectivity index (χ3v) is 4.51. The number of carbonyl (C=O) groups excluding carboxylic acids is 3. The van der Waals surface area contributed by atoms with E-state index in [9.17, 15) is 14.4 Å². The van der Waals surface area contributed by atoms with Gasteiger partial charge in [0.15, 0.2) is 0 Å². The predicted octanol–water partition coefficient (Wildman–Crippen LogP) is 2.37. The average Bonchev–Trinajstić information content (AvgIpc) is 2.56. The van der Waals surface area contributed by atoms with Gasteiger partial charge in [-0.1, -0.05) is 23.7 Å². The summed E-state index contributed by atoms with van der Waals surface area (Å²) in [7, 11) is 2.51. The maximum atomic E-state index is 12.2. The number of para-hydroxylation sites is 1. The first kappa shape index (κ1) is 18.3. The van der Waals surface area contributed by atoms with Crippen molar-refractivity contribution in [2.75, 3.05) is 20.8 Å². The summed E-state index contributed by atoms with van der Waals surface area (Å²) in [4.78, 5) is 36.1. The first-order valence-corrected chi connectivity index (χ1v) is 7.84. The molecule has 0 aliphatic carbocycles. The van der Waals surface area contributed by atoms with E-state index in [2.05, 4.69) is 0 Å². The van der Waals surface area contributed by atoms with E-state index in [1.54, 1.807) is 18.2 Å². The molecule has 1 aliphatic heterocycles. The van der Waals surface area contributed by atoms with E-state index in [-0.39, 0.29) is 18.8 Å². The van der Waals surface area contributed by atoms with Crippen LogP contribution in [-0.2, 0) is 23.9 Å². The number of esters is 2. The molecule has 1 aromatic carbocycles. The molecule has 0 amide bonds. The molecular weight excluding hydrogens is 336 g/mol. The fourth-order valence-electron chi connectivity index (χ4n) is 3.12. The zero-order valence-corrected chi connectivity index (χ0v) is 14.5. The molecule has 1 aliphatic rings. The topological polar surface area (TPSA) is 78.9 Å². The number of rotatable bonds is 5. The minimum Gasteiger partial charge on any atom is -0.491 e. The lowest BCUT2D eigenvalue weighted by Gasteiger charge is -2.36. The first-order chi connectivity index (χ1) is 11.4. The molecule has 0 saturated heterocycles. The minimum absolute atomic E-state index is 0.0217. The first-order valence-electron chi connectivity index (χ1n) is 7.47. The second-order valence-electron chi connectivity index (χ2n) is 5.65. The molecule has 0 aromatic heterocycles. The number of hydrogen-bond acceptors (Lipinski definition) is 6. The number of halogens is 1. The van der Waals surface area contributed by atoms with Gasteiger partial charge in [-0.25, -0.2) is 0 Å². The van der Waals surface area contributed by atoms with Crippen molar-refractivity contribution in [2.24, 2.45) is 11.8 Å². The van der Waals surface area contributed by atoms with Gasteiger partial charge in [0.25, 0.3) is 0 Å². The Labute approximate surface area is 145 Å². The van der Waals surface area contributed by atoms with Crippen molar-refractivity contribution in [2.45, 2.75) is 19.3 Å². The van der Waals surface area contributed by atoms with Crippen molar-refractivity contribution in [1.82, 2.24) is 0 Å². The highest BCUT2D eigenvalue weighted by Crippen LogP contribution is 2.46. The summed E-state index contributed by atoms with van der Waals surface area (Å²) in [6.45, 7) is 1.48. The van der Waals surface area contributed by atoms with Gasteiger partial charge in [-0.05, 0) is 13.0 Å². The lowest BCUT2D eigenvalue weighted by Crippen LogP contribution is -2.39. The summed E-state index contributed by atoms with van der Waals surface area (Å²) in [6.07, 6.45) is 0.0217. The van der Waals surface area contributed by atoms with Crippen molar-refractivity contribution in [3.05, 3.63) is 28.8 Å². The highest BCUT2D eigenvalue weighted by molar-refractivity contribution is 6.32. The second-order valence-corrected chi connectivity index (χ2v) is 6.05.